The first-order valence-corrected chi connectivity index (χ1v) is 32.8. The Morgan fingerprint density at radius 1 is 0.338 bits per heavy atom. The van der Waals surface area contributed by atoms with E-state index in [9.17, 15) is 19.8 Å². The van der Waals surface area contributed by atoms with Crippen LogP contribution in [0.3, 0.4) is 0 Å². The van der Waals surface area contributed by atoms with E-state index in [1.807, 2.05) is 0 Å². The maximum Gasteiger partial charge on any atom is 0.305 e. The molecule has 0 aromatic rings. The van der Waals surface area contributed by atoms with Gasteiger partial charge in [0.1, 0.15) is 0 Å². The molecule has 0 aliphatic heterocycles. The molecule has 2 unspecified atom stereocenters. The van der Waals surface area contributed by atoms with E-state index in [0.717, 1.165) is 38.5 Å². The zero-order chi connectivity index (χ0) is 51.4. The minimum Gasteiger partial charge on any atom is -0.466 e. The summed E-state index contributed by atoms with van der Waals surface area (Å²) in [5.74, 6) is -0.00915. The molecule has 0 spiro atoms. The molecule has 0 saturated carbocycles. The normalized spacial score (nSPS) is 12.5. The van der Waals surface area contributed by atoms with Crippen molar-refractivity contribution in [1.29, 1.82) is 0 Å². The molecule has 0 aliphatic carbocycles. The summed E-state index contributed by atoms with van der Waals surface area (Å²) in [5, 5.41) is 23.3. The van der Waals surface area contributed by atoms with Gasteiger partial charge in [0.05, 0.1) is 25.4 Å². The molecule has 0 fully saturated rings. The van der Waals surface area contributed by atoms with Crippen molar-refractivity contribution in [3.63, 3.8) is 0 Å². The Balaban J connectivity index is 3.33. The molecule has 0 heterocycles. The lowest BCUT2D eigenvalue weighted by molar-refractivity contribution is -0.143. The van der Waals surface area contributed by atoms with E-state index in [2.05, 4.69) is 19.2 Å². The minimum absolute atomic E-state index is 0.0206. The molecule has 2 atom stereocenters. The second-order valence-electron chi connectivity index (χ2n) is 22.8. The van der Waals surface area contributed by atoms with Crippen LogP contribution in [0.25, 0.3) is 0 Å². The average molecular weight is 1000 g/mol. The third kappa shape index (κ3) is 58.0. The molecule has 424 valence electrons. The number of unbranched alkanes of at least 4 members (excludes halogenated alkanes) is 51. The van der Waals surface area contributed by atoms with Gasteiger partial charge in [0.25, 0.3) is 0 Å². The molecular weight excluding hydrogens is 875 g/mol. The number of carbonyl (C=O) groups excluding carboxylic acids is 2. The summed E-state index contributed by atoms with van der Waals surface area (Å²) in [6, 6.07) is -0.538. The molecule has 0 rings (SSSR count). The van der Waals surface area contributed by atoms with Crippen molar-refractivity contribution in [2.75, 3.05) is 13.2 Å². The number of aliphatic hydroxyl groups is 2. The molecule has 6 nitrogen and oxygen atoms in total. The lowest BCUT2D eigenvalue weighted by Crippen LogP contribution is -2.45. The average Bonchev–Trinajstić information content (AvgIpc) is 3.37. The van der Waals surface area contributed by atoms with Crippen LogP contribution in [-0.4, -0.2) is 47.4 Å². The molecular formula is C65H129NO5. The predicted octanol–water partition coefficient (Wildman–Crippen LogP) is 20.6. The van der Waals surface area contributed by atoms with E-state index in [-0.39, 0.29) is 18.5 Å². The summed E-state index contributed by atoms with van der Waals surface area (Å²) in [6.45, 7) is 4.99. The smallest absolute Gasteiger partial charge is 0.305 e. The number of nitrogens with one attached hydrogen (secondary N) is 1. The van der Waals surface area contributed by atoms with Gasteiger partial charge in [-0.1, -0.05) is 341 Å². The van der Waals surface area contributed by atoms with Gasteiger partial charge in [-0.15, -0.1) is 0 Å². The van der Waals surface area contributed by atoms with E-state index >= 15 is 0 Å². The first kappa shape index (κ1) is 69.9. The molecule has 0 aromatic heterocycles. The fourth-order valence-electron chi connectivity index (χ4n) is 10.6. The van der Waals surface area contributed by atoms with Gasteiger partial charge >= 0.3 is 5.97 Å². The second-order valence-corrected chi connectivity index (χ2v) is 22.8. The summed E-state index contributed by atoms with van der Waals surface area (Å²) >= 11 is 0. The van der Waals surface area contributed by atoms with Gasteiger partial charge in [-0.2, -0.15) is 0 Å². The standard InChI is InChI=1S/C65H129NO5/c1-3-5-7-9-11-13-15-17-33-37-41-45-49-53-57-63(68)62(61-67)66-64(69)58-54-50-46-42-38-34-31-29-27-25-23-21-19-20-22-24-26-28-30-32-36-40-44-48-52-56-60-71-65(70)59-55-51-47-43-39-35-18-16-14-12-10-8-6-4-2/h62-63,67-68H,3-61H2,1-2H3,(H,66,69). The SMILES string of the molecule is CCCCCCCCCCCCCCCCC(=O)OCCCCCCCCCCCCCCCCCCCCCCCCCCCCC(=O)NC(CO)C(O)CCCCCCCCCCCCCCCC. The highest BCUT2D eigenvalue weighted by atomic mass is 16.5. The van der Waals surface area contributed by atoms with Crippen LogP contribution < -0.4 is 5.32 Å². The third-order valence-electron chi connectivity index (χ3n) is 15.7. The third-order valence-corrected chi connectivity index (χ3v) is 15.7. The highest BCUT2D eigenvalue weighted by Crippen LogP contribution is 2.19. The maximum absolute atomic E-state index is 12.5. The van der Waals surface area contributed by atoms with E-state index in [4.69, 9.17) is 4.74 Å². The van der Waals surface area contributed by atoms with Crippen molar-refractivity contribution in [2.45, 2.75) is 392 Å². The monoisotopic (exact) mass is 1000 g/mol. The molecule has 0 aliphatic rings. The van der Waals surface area contributed by atoms with Gasteiger partial charge in [0.2, 0.25) is 5.91 Å². The Kier molecular flexibility index (Phi) is 60.4. The molecule has 0 radical (unpaired) electrons. The van der Waals surface area contributed by atoms with Gasteiger partial charge < -0.3 is 20.3 Å². The number of carbonyl (C=O) groups is 2. The van der Waals surface area contributed by atoms with E-state index in [0.29, 0.717) is 25.9 Å². The fourth-order valence-corrected chi connectivity index (χ4v) is 10.6. The van der Waals surface area contributed by atoms with Crippen molar-refractivity contribution in [2.24, 2.45) is 0 Å². The quantitative estimate of drug-likeness (QED) is 0.0417. The summed E-state index contributed by atoms with van der Waals surface area (Å²) in [4.78, 5) is 24.5. The number of ether oxygens (including phenoxy) is 1. The summed E-state index contributed by atoms with van der Waals surface area (Å²) in [5.41, 5.74) is 0. The molecule has 3 N–H and O–H groups in total. The largest absolute Gasteiger partial charge is 0.466 e. The van der Waals surface area contributed by atoms with E-state index in [1.165, 1.54) is 308 Å². The number of rotatable bonds is 62. The maximum atomic E-state index is 12.5. The first-order valence-electron chi connectivity index (χ1n) is 32.8. The Morgan fingerprint density at radius 2 is 0.577 bits per heavy atom. The van der Waals surface area contributed by atoms with Crippen LogP contribution in [0.2, 0.25) is 0 Å². The molecule has 71 heavy (non-hydrogen) atoms. The van der Waals surface area contributed by atoms with Crippen LogP contribution in [0.1, 0.15) is 380 Å². The minimum atomic E-state index is -0.661. The molecule has 6 heteroatoms. The van der Waals surface area contributed by atoms with Crippen molar-refractivity contribution < 1.29 is 24.5 Å². The predicted molar refractivity (Wildman–Crippen MR) is 310 cm³/mol. The zero-order valence-corrected chi connectivity index (χ0v) is 48.5. The van der Waals surface area contributed by atoms with E-state index in [1.54, 1.807) is 0 Å². The van der Waals surface area contributed by atoms with Gasteiger partial charge in [0, 0.05) is 12.8 Å². The molecule has 0 bridgehead atoms. The van der Waals surface area contributed by atoms with Crippen LogP contribution >= 0.6 is 0 Å². The highest BCUT2D eigenvalue weighted by Gasteiger charge is 2.20. The lowest BCUT2D eigenvalue weighted by atomic mass is 10.0. The van der Waals surface area contributed by atoms with Crippen LogP contribution in [-0.2, 0) is 14.3 Å². The number of esters is 1. The topological polar surface area (TPSA) is 95.9 Å². The van der Waals surface area contributed by atoms with Crippen LogP contribution in [0.15, 0.2) is 0 Å². The summed E-state index contributed by atoms with van der Waals surface area (Å²) < 4.78 is 5.49. The van der Waals surface area contributed by atoms with Gasteiger partial charge in [0.15, 0.2) is 0 Å². The van der Waals surface area contributed by atoms with E-state index < -0.39 is 12.1 Å². The number of hydrogen-bond acceptors (Lipinski definition) is 5. The molecule has 0 aromatic carbocycles. The molecule has 1 amide bonds. The number of hydrogen-bond donors (Lipinski definition) is 3. The van der Waals surface area contributed by atoms with Crippen LogP contribution in [0.5, 0.6) is 0 Å². The second kappa shape index (κ2) is 61.4. The van der Waals surface area contributed by atoms with Gasteiger partial charge in [-0.3, -0.25) is 9.59 Å². The Morgan fingerprint density at radius 3 is 0.859 bits per heavy atom. The Hall–Kier alpha value is -1.14. The number of amides is 1. The zero-order valence-electron chi connectivity index (χ0n) is 48.5. The number of aliphatic hydroxyl groups excluding tert-OH is 2. The fraction of sp³-hybridized carbons (Fsp3) is 0.969. The van der Waals surface area contributed by atoms with Crippen molar-refractivity contribution in [3.05, 3.63) is 0 Å². The van der Waals surface area contributed by atoms with Gasteiger partial charge in [-0.25, -0.2) is 0 Å². The van der Waals surface area contributed by atoms with Crippen molar-refractivity contribution in [1.82, 2.24) is 5.32 Å². The van der Waals surface area contributed by atoms with Crippen LogP contribution in [0, 0.1) is 0 Å². The van der Waals surface area contributed by atoms with Crippen LogP contribution in [0.4, 0.5) is 0 Å². The molecule has 0 saturated heterocycles. The van der Waals surface area contributed by atoms with Crippen molar-refractivity contribution >= 4 is 11.9 Å². The van der Waals surface area contributed by atoms with Gasteiger partial charge in [-0.05, 0) is 25.7 Å². The summed E-state index contributed by atoms with van der Waals surface area (Å²) in [7, 11) is 0. The van der Waals surface area contributed by atoms with Crippen molar-refractivity contribution in [3.8, 4) is 0 Å². The highest BCUT2D eigenvalue weighted by molar-refractivity contribution is 5.76. The first-order chi connectivity index (χ1) is 35.0. The Bertz CT molecular complexity index is 1020. The lowest BCUT2D eigenvalue weighted by Gasteiger charge is -2.22. The summed E-state index contributed by atoms with van der Waals surface area (Å²) in [6.07, 6.45) is 72.7. The Labute approximate surface area is 445 Å².